The summed E-state index contributed by atoms with van der Waals surface area (Å²) in [5.74, 6) is -1.70. The number of nitro groups is 2. The lowest BCUT2D eigenvalue weighted by Gasteiger charge is -2.59. The summed E-state index contributed by atoms with van der Waals surface area (Å²) in [5.41, 5.74) is -7.98. The molecule has 64 heavy (non-hydrogen) atoms. The number of rotatable bonds is 18. The molecule has 2 aromatic rings. The van der Waals surface area contributed by atoms with Gasteiger partial charge >= 0.3 is 11.9 Å². The average molecular weight is 896 g/mol. The number of benzene rings is 2. The number of carbonyl (C=O) groups excluding carboxylic acids is 4. The van der Waals surface area contributed by atoms with E-state index in [2.05, 4.69) is 13.8 Å². The van der Waals surface area contributed by atoms with Gasteiger partial charge in [-0.3, -0.25) is 39.4 Å². The molecule has 1 saturated heterocycles. The molecule has 1 amide bonds. The summed E-state index contributed by atoms with van der Waals surface area (Å²) in [7, 11) is 3.46. The van der Waals surface area contributed by atoms with Gasteiger partial charge in [-0.2, -0.15) is 0 Å². The molecule has 15 nitrogen and oxygen atoms in total. The highest BCUT2D eigenvalue weighted by molar-refractivity contribution is 5.85. The molecule has 1 heterocycles. The number of hydrogen-bond donors (Lipinski definition) is 0. The van der Waals surface area contributed by atoms with Gasteiger partial charge in [0.05, 0.1) is 45.0 Å². The number of nitrogens with zero attached hydrogens (tertiary/aromatic N) is 3. The van der Waals surface area contributed by atoms with Crippen LogP contribution in [-0.4, -0.2) is 66.2 Å². The number of nitro benzene ring substituents is 2. The third kappa shape index (κ3) is 10.8. The first-order valence-electron chi connectivity index (χ1n) is 21.8. The topological polar surface area (TPSA) is 195 Å². The van der Waals surface area contributed by atoms with Crippen LogP contribution >= 0.6 is 0 Å². The molecule has 0 aromatic heterocycles. The first-order valence-corrected chi connectivity index (χ1v) is 21.8. The molecular weight excluding hydrogens is 823 g/mol. The van der Waals surface area contributed by atoms with Crippen LogP contribution in [0.1, 0.15) is 152 Å². The molecule has 0 bridgehead atoms. The monoisotopic (exact) mass is 896 g/mol. The van der Waals surface area contributed by atoms with E-state index in [1.165, 1.54) is 30.3 Å². The van der Waals surface area contributed by atoms with Crippen LogP contribution in [0, 0.1) is 69.5 Å². The van der Waals surface area contributed by atoms with Gasteiger partial charge in [-0.25, -0.2) is 0 Å². The van der Waals surface area contributed by atoms with Crippen molar-refractivity contribution in [3.8, 4) is 11.5 Å². The maximum absolute atomic E-state index is 15.4. The van der Waals surface area contributed by atoms with Gasteiger partial charge in [0.15, 0.2) is 12.6 Å². The minimum Gasteiger partial charge on any atom is -0.426 e. The maximum Gasteiger partial charge on any atom is 0.317 e. The number of hydrogen-bond acceptors (Lipinski definition) is 12. The van der Waals surface area contributed by atoms with E-state index >= 15 is 4.79 Å². The normalized spacial score (nSPS) is 16.8. The van der Waals surface area contributed by atoms with Crippen LogP contribution in [0.25, 0.3) is 0 Å². The van der Waals surface area contributed by atoms with Gasteiger partial charge in [0, 0.05) is 32.1 Å². The molecule has 2 aromatic carbocycles. The Morgan fingerprint density at radius 2 is 1.14 bits per heavy atom. The standard InChI is InChI=1S/C49H73N3O12/c1-42(2,3)29-48(15,40(55)63-32-19-21-36(51(57)58)31(25-32)28-53)47(13,14)45(9,10)30-49(16,46(11,12)44(7,8)27-35(43(4,5)6)38(54)50(17)18)41(56)64-33-20-22-37(52(59)60)34(26-33)39-61-23-24-62-39/h19-22,25-26,28,35,39H,23-24,27,29-30H2,1-18H3. The van der Waals surface area contributed by atoms with Gasteiger partial charge in [-0.05, 0) is 89.9 Å². The van der Waals surface area contributed by atoms with Gasteiger partial charge in [0.2, 0.25) is 5.91 Å². The Labute approximate surface area is 379 Å². The van der Waals surface area contributed by atoms with Gasteiger partial charge in [0.25, 0.3) is 11.4 Å². The Bertz CT molecular complexity index is 2100. The minimum absolute atomic E-state index is 0.0284. The summed E-state index contributed by atoms with van der Waals surface area (Å²) in [6.07, 6.45) is 0.166. The largest absolute Gasteiger partial charge is 0.426 e. The highest BCUT2D eigenvalue weighted by Gasteiger charge is 2.63. The Balaban J connectivity index is 2.30. The van der Waals surface area contributed by atoms with Crippen LogP contribution in [0.4, 0.5) is 11.4 Å². The van der Waals surface area contributed by atoms with E-state index in [9.17, 15) is 34.6 Å². The second-order valence-electron chi connectivity index (χ2n) is 22.9. The zero-order valence-corrected chi connectivity index (χ0v) is 41.5. The lowest BCUT2D eigenvalue weighted by molar-refractivity contribution is -0.386. The molecule has 1 aliphatic rings. The zero-order chi connectivity index (χ0) is 49.4. The van der Waals surface area contributed by atoms with E-state index in [0.717, 1.165) is 6.07 Å². The molecule has 0 radical (unpaired) electrons. The van der Waals surface area contributed by atoms with Crippen LogP contribution in [0.2, 0.25) is 0 Å². The predicted molar refractivity (Wildman–Crippen MR) is 244 cm³/mol. The fourth-order valence-electron chi connectivity index (χ4n) is 9.38. The molecular formula is C49H73N3O12. The summed E-state index contributed by atoms with van der Waals surface area (Å²) < 4.78 is 23.6. The minimum atomic E-state index is -1.40. The van der Waals surface area contributed by atoms with E-state index in [0.29, 0.717) is 19.1 Å². The van der Waals surface area contributed by atoms with Gasteiger partial charge < -0.3 is 23.8 Å². The quantitative estimate of drug-likeness (QED) is 0.0452. The van der Waals surface area contributed by atoms with Crippen molar-refractivity contribution >= 4 is 35.5 Å². The number of esters is 2. The molecule has 3 atom stereocenters. The number of carbonyl (C=O) groups is 4. The number of amides is 1. The smallest absolute Gasteiger partial charge is 0.317 e. The van der Waals surface area contributed by atoms with Crippen LogP contribution in [0.15, 0.2) is 36.4 Å². The second kappa shape index (κ2) is 18.6. The molecule has 0 aliphatic carbocycles. The van der Waals surface area contributed by atoms with E-state index in [1.54, 1.807) is 19.0 Å². The second-order valence-corrected chi connectivity index (χ2v) is 22.9. The van der Waals surface area contributed by atoms with E-state index in [4.69, 9.17) is 18.9 Å². The van der Waals surface area contributed by atoms with Crippen molar-refractivity contribution in [1.82, 2.24) is 4.90 Å². The average Bonchev–Trinajstić information content (AvgIpc) is 3.70. The van der Waals surface area contributed by atoms with Crippen molar-refractivity contribution < 1.29 is 48.0 Å². The molecule has 3 unspecified atom stereocenters. The van der Waals surface area contributed by atoms with Gasteiger partial charge in [-0.1, -0.05) is 96.9 Å². The highest BCUT2D eigenvalue weighted by atomic mass is 16.7. The molecule has 0 N–H and O–H groups in total. The van der Waals surface area contributed by atoms with Crippen molar-refractivity contribution in [3.63, 3.8) is 0 Å². The number of aldehydes is 1. The summed E-state index contributed by atoms with van der Waals surface area (Å²) in [4.78, 5) is 80.0. The fourth-order valence-corrected chi connectivity index (χ4v) is 9.38. The number of ether oxygens (including phenoxy) is 4. The molecule has 356 valence electrons. The Morgan fingerprint density at radius 1 is 0.703 bits per heavy atom. The van der Waals surface area contributed by atoms with E-state index in [-0.39, 0.29) is 53.9 Å². The van der Waals surface area contributed by atoms with Gasteiger partial charge in [0.1, 0.15) is 11.5 Å². The third-order valence-electron chi connectivity index (χ3n) is 15.0. The SMILES string of the molecule is CN(C)C(=O)C(CC(C)(C)C(C)(C)C(C)(CC(C)(C)C(C)(C)C(C)(CC(C)(C)C)C(=O)Oc1ccc([N+](=O)[O-])c(C=O)c1)C(=O)Oc1ccc([N+](=O)[O-])c(C2OCCO2)c1)C(C)(C)C. The molecule has 0 spiro atoms. The van der Waals surface area contributed by atoms with Crippen molar-refractivity contribution in [2.45, 2.75) is 136 Å². The van der Waals surface area contributed by atoms with Crippen LogP contribution in [0.5, 0.6) is 11.5 Å². The molecule has 3 rings (SSSR count). The third-order valence-corrected chi connectivity index (χ3v) is 15.0. The predicted octanol–water partition coefficient (Wildman–Crippen LogP) is 11.0. The molecule has 15 heteroatoms. The summed E-state index contributed by atoms with van der Waals surface area (Å²) in [6, 6.07) is 7.62. The van der Waals surface area contributed by atoms with Crippen LogP contribution in [0.3, 0.4) is 0 Å². The van der Waals surface area contributed by atoms with Crippen LogP contribution in [-0.2, 0) is 23.9 Å². The van der Waals surface area contributed by atoms with Gasteiger partial charge in [-0.15, -0.1) is 0 Å². The lowest BCUT2D eigenvalue weighted by Crippen LogP contribution is -2.59. The molecule has 0 saturated carbocycles. The summed E-state index contributed by atoms with van der Waals surface area (Å²) in [6.45, 7) is 32.3. The Morgan fingerprint density at radius 3 is 1.56 bits per heavy atom. The highest BCUT2D eigenvalue weighted by Crippen LogP contribution is 2.65. The lowest BCUT2D eigenvalue weighted by atomic mass is 9.44. The van der Waals surface area contributed by atoms with Crippen LogP contribution < -0.4 is 9.47 Å². The first kappa shape index (κ1) is 53.6. The summed E-state index contributed by atoms with van der Waals surface area (Å²) in [5, 5.41) is 23.7. The first-order chi connectivity index (χ1) is 28.9. The van der Waals surface area contributed by atoms with E-state index < -0.39 is 83.0 Å². The maximum atomic E-state index is 15.4. The van der Waals surface area contributed by atoms with E-state index in [1.807, 2.05) is 96.9 Å². The Hall–Kier alpha value is -4.76. The Kier molecular flexibility index (Phi) is 15.6. The zero-order valence-electron chi connectivity index (χ0n) is 41.5. The van der Waals surface area contributed by atoms with Crippen molar-refractivity contribution in [3.05, 3.63) is 67.8 Å². The molecule has 1 fully saturated rings. The fraction of sp³-hybridized carbons (Fsp3) is 0.673. The molecule has 1 aliphatic heterocycles. The van der Waals surface area contributed by atoms with Crippen molar-refractivity contribution in [2.24, 2.45) is 49.2 Å². The summed E-state index contributed by atoms with van der Waals surface area (Å²) >= 11 is 0. The van der Waals surface area contributed by atoms with Crippen molar-refractivity contribution in [2.75, 3.05) is 27.3 Å². The van der Waals surface area contributed by atoms with Crippen molar-refractivity contribution in [1.29, 1.82) is 0 Å².